The molecule has 3 aromatic carbocycles. The van der Waals surface area contributed by atoms with Crippen LogP contribution >= 0.6 is 22.9 Å². The normalized spacial score (nSPS) is 12.1. The number of amides is 1. The second kappa shape index (κ2) is 11.2. The Morgan fingerprint density at radius 2 is 1.54 bits per heavy atom. The fourth-order valence-corrected chi connectivity index (χ4v) is 4.88. The molecule has 0 bridgehead atoms. The number of hydrogen-bond acceptors (Lipinski definition) is 6. The number of carbonyl (C=O) groups excluding carboxylic acids is 1. The van der Waals surface area contributed by atoms with E-state index in [-0.39, 0.29) is 16.7 Å². The van der Waals surface area contributed by atoms with Crippen LogP contribution in [0, 0.1) is 0 Å². The molecule has 1 amide bonds. The number of hydrogen-bond donors (Lipinski definition) is 3. The van der Waals surface area contributed by atoms with E-state index in [2.05, 4.69) is 62.4 Å². The number of benzene rings is 3. The molecule has 0 atom stereocenters. The second-order valence-electron chi connectivity index (χ2n) is 11.4. The van der Waals surface area contributed by atoms with Crippen molar-refractivity contribution >= 4 is 45.9 Å². The van der Waals surface area contributed by atoms with Gasteiger partial charge in [0.1, 0.15) is 5.75 Å². The van der Waals surface area contributed by atoms with Gasteiger partial charge in [-0.25, -0.2) is 10.4 Å². The van der Waals surface area contributed by atoms with Crippen LogP contribution in [0.2, 0.25) is 5.02 Å². The first-order valence-electron chi connectivity index (χ1n) is 12.6. The summed E-state index contributed by atoms with van der Waals surface area (Å²) in [7, 11) is 0. The van der Waals surface area contributed by atoms with Gasteiger partial charge in [-0.3, -0.25) is 4.79 Å². The van der Waals surface area contributed by atoms with E-state index < -0.39 is 0 Å². The predicted octanol–water partition coefficient (Wildman–Crippen LogP) is 8.27. The smallest absolute Gasteiger partial charge is 0.271 e. The molecule has 0 fully saturated rings. The maximum Gasteiger partial charge on any atom is 0.271 e. The number of carbonyl (C=O) groups is 1. The Morgan fingerprint density at radius 3 is 2.10 bits per heavy atom. The van der Waals surface area contributed by atoms with E-state index in [1.807, 2.05) is 53.9 Å². The maximum absolute atomic E-state index is 12.7. The molecule has 202 valence electrons. The summed E-state index contributed by atoms with van der Waals surface area (Å²) in [5.41, 5.74) is 7.72. The zero-order chi connectivity index (χ0) is 28.4. The molecule has 0 saturated heterocycles. The van der Waals surface area contributed by atoms with E-state index in [0.29, 0.717) is 16.3 Å². The van der Waals surface area contributed by atoms with Gasteiger partial charge in [0.15, 0.2) is 5.13 Å². The lowest BCUT2D eigenvalue weighted by Gasteiger charge is -2.27. The topological polar surface area (TPSA) is 86.6 Å². The van der Waals surface area contributed by atoms with Crippen LogP contribution in [0.3, 0.4) is 0 Å². The number of halogens is 1. The monoisotopic (exact) mass is 560 g/mol. The number of hydrazone groups is 1. The van der Waals surface area contributed by atoms with Crippen molar-refractivity contribution in [1.29, 1.82) is 0 Å². The molecule has 0 unspecified atom stereocenters. The lowest BCUT2D eigenvalue weighted by Crippen LogP contribution is -2.19. The summed E-state index contributed by atoms with van der Waals surface area (Å²) in [5.74, 6) is -0.00342. The first-order valence-corrected chi connectivity index (χ1v) is 13.9. The van der Waals surface area contributed by atoms with Crippen molar-refractivity contribution in [2.45, 2.75) is 52.4 Å². The van der Waals surface area contributed by atoms with E-state index in [1.54, 1.807) is 18.3 Å². The summed E-state index contributed by atoms with van der Waals surface area (Å²) in [6, 6.07) is 18.5. The highest BCUT2D eigenvalue weighted by Gasteiger charge is 2.26. The molecule has 0 aliphatic carbocycles. The summed E-state index contributed by atoms with van der Waals surface area (Å²) < 4.78 is 0. The van der Waals surface area contributed by atoms with Gasteiger partial charge in [-0.1, -0.05) is 65.3 Å². The van der Waals surface area contributed by atoms with Crippen LogP contribution in [0.1, 0.15) is 68.6 Å². The molecule has 0 radical (unpaired) electrons. The van der Waals surface area contributed by atoms with Crippen molar-refractivity contribution in [3.05, 3.63) is 93.3 Å². The summed E-state index contributed by atoms with van der Waals surface area (Å²) in [6.07, 6.45) is 1.61. The van der Waals surface area contributed by atoms with Crippen molar-refractivity contribution < 1.29 is 9.90 Å². The quantitative estimate of drug-likeness (QED) is 0.163. The molecule has 39 heavy (non-hydrogen) atoms. The SMILES string of the molecule is CC(C)(C)c1cc(/C=N\NC(=O)c2ccc(-c3csc(Nc4ccc(Cl)cc4)n3)cc2)cc(C(C)(C)C)c1O. The number of nitrogens with one attached hydrogen (secondary N) is 2. The third-order valence-corrected chi connectivity index (χ3v) is 7.18. The van der Waals surface area contributed by atoms with E-state index >= 15 is 0 Å². The van der Waals surface area contributed by atoms with Crippen LogP contribution < -0.4 is 10.7 Å². The highest BCUT2D eigenvalue weighted by molar-refractivity contribution is 7.14. The fraction of sp³-hybridized carbons (Fsp3) is 0.258. The van der Waals surface area contributed by atoms with Crippen molar-refractivity contribution in [2.24, 2.45) is 5.10 Å². The molecule has 1 heterocycles. The van der Waals surface area contributed by atoms with Gasteiger partial charge in [0.25, 0.3) is 5.91 Å². The molecule has 3 N–H and O–H groups in total. The molecule has 0 spiro atoms. The van der Waals surface area contributed by atoms with Gasteiger partial charge in [-0.05, 0) is 64.9 Å². The van der Waals surface area contributed by atoms with E-state index in [0.717, 1.165) is 38.8 Å². The predicted molar refractivity (Wildman–Crippen MR) is 163 cm³/mol. The lowest BCUT2D eigenvalue weighted by atomic mass is 9.78. The number of thiazole rings is 1. The summed E-state index contributed by atoms with van der Waals surface area (Å²) in [5, 5.41) is 21.8. The first-order chi connectivity index (χ1) is 18.3. The van der Waals surface area contributed by atoms with Crippen molar-refractivity contribution in [3.8, 4) is 17.0 Å². The Labute approximate surface area is 238 Å². The zero-order valence-corrected chi connectivity index (χ0v) is 24.5. The molecular formula is C31H33ClN4O2S. The number of phenols is 1. The summed E-state index contributed by atoms with van der Waals surface area (Å²) >= 11 is 7.45. The van der Waals surface area contributed by atoms with E-state index in [1.165, 1.54) is 11.3 Å². The second-order valence-corrected chi connectivity index (χ2v) is 12.7. The Morgan fingerprint density at radius 1 is 0.949 bits per heavy atom. The number of nitrogens with zero attached hydrogens (tertiary/aromatic N) is 2. The number of anilines is 2. The number of rotatable bonds is 6. The van der Waals surface area contributed by atoms with Gasteiger partial charge in [0, 0.05) is 38.3 Å². The Balaban J connectivity index is 1.44. The van der Waals surface area contributed by atoms with Crippen LogP contribution in [0.15, 0.2) is 71.1 Å². The van der Waals surface area contributed by atoms with E-state index in [9.17, 15) is 9.90 Å². The molecule has 8 heteroatoms. The van der Waals surface area contributed by atoms with Crippen LogP contribution in [0.25, 0.3) is 11.3 Å². The average molecular weight is 561 g/mol. The van der Waals surface area contributed by atoms with Crippen LogP contribution in [0.5, 0.6) is 5.75 Å². The van der Waals surface area contributed by atoms with Gasteiger partial charge in [-0.15, -0.1) is 11.3 Å². The standard InChI is InChI=1S/C31H33ClN4O2S/c1-30(2,3)24-15-19(16-25(27(24)37)31(4,5)6)17-33-36-28(38)21-9-7-20(8-10-21)26-18-39-29(35-26)34-23-13-11-22(32)12-14-23/h7-18,37H,1-6H3,(H,34,35)(H,36,38)/b33-17-. The molecule has 4 aromatic rings. The zero-order valence-electron chi connectivity index (χ0n) is 23.0. The third kappa shape index (κ3) is 7.05. The lowest BCUT2D eigenvalue weighted by molar-refractivity contribution is 0.0955. The number of aromatic hydroxyl groups is 1. The average Bonchev–Trinajstić information content (AvgIpc) is 3.33. The molecule has 0 aliphatic heterocycles. The Bertz CT molecular complexity index is 1460. The first kappa shape index (κ1) is 28.3. The molecule has 4 rings (SSSR count). The van der Waals surface area contributed by atoms with Gasteiger partial charge in [0.2, 0.25) is 0 Å². The number of phenolic OH excluding ortho intramolecular Hbond substituents is 1. The summed E-state index contributed by atoms with van der Waals surface area (Å²) in [6.45, 7) is 12.4. The van der Waals surface area contributed by atoms with Crippen molar-refractivity contribution in [1.82, 2.24) is 10.4 Å². The minimum Gasteiger partial charge on any atom is -0.507 e. The molecule has 1 aromatic heterocycles. The molecular weight excluding hydrogens is 528 g/mol. The van der Waals surface area contributed by atoms with Gasteiger partial charge in [-0.2, -0.15) is 5.10 Å². The van der Waals surface area contributed by atoms with Crippen molar-refractivity contribution in [3.63, 3.8) is 0 Å². The van der Waals surface area contributed by atoms with Gasteiger partial charge in [0.05, 0.1) is 11.9 Å². The highest BCUT2D eigenvalue weighted by Crippen LogP contribution is 2.39. The minimum absolute atomic E-state index is 0.247. The third-order valence-electron chi connectivity index (χ3n) is 6.17. The molecule has 0 aliphatic rings. The Kier molecular flexibility index (Phi) is 8.14. The van der Waals surface area contributed by atoms with Crippen molar-refractivity contribution in [2.75, 3.05) is 5.32 Å². The molecule has 6 nitrogen and oxygen atoms in total. The fourth-order valence-electron chi connectivity index (χ4n) is 4.02. The Hall–Kier alpha value is -3.68. The van der Waals surface area contributed by atoms with E-state index in [4.69, 9.17) is 11.6 Å². The van der Waals surface area contributed by atoms with Crippen LogP contribution in [0.4, 0.5) is 10.8 Å². The summed E-state index contributed by atoms with van der Waals surface area (Å²) in [4.78, 5) is 17.4. The largest absolute Gasteiger partial charge is 0.507 e. The number of aromatic nitrogens is 1. The molecule has 0 saturated carbocycles. The van der Waals surface area contributed by atoms with Gasteiger partial charge >= 0.3 is 0 Å². The maximum atomic E-state index is 12.7. The highest BCUT2D eigenvalue weighted by atomic mass is 35.5. The van der Waals surface area contributed by atoms with Gasteiger partial charge < -0.3 is 10.4 Å². The minimum atomic E-state index is -0.313. The van der Waals surface area contributed by atoms with Crippen LogP contribution in [-0.4, -0.2) is 22.2 Å². The van der Waals surface area contributed by atoms with Crippen LogP contribution in [-0.2, 0) is 10.8 Å².